The van der Waals surface area contributed by atoms with Crippen LogP contribution in [-0.2, 0) is 17.6 Å². The number of nitrogens with one attached hydrogen (secondary N) is 1. The number of carbonyl (C=O) groups is 1. The van der Waals surface area contributed by atoms with Gasteiger partial charge in [-0.1, -0.05) is 18.2 Å². The van der Waals surface area contributed by atoms with Gasteiger partial charge < -0.3 is 9.80 Å². The van der Waals surface area contributed by atoms with Crippen molar-refractivity contribution in [2.45, 2.75) is 44.6 Å². The molecule has 2 aliphatic rings. The summed E-state index contributed by atoms with van der Waals surface area (Å²) in [5.74, 6) is 1.50. The number of piperidine rings is 1. The van der Waals surface area contributed by atoms with E-state index in [1.54, 1.807) is 12.1 Å². The second-order valence-corrected chi connectivity index (χ2v) is 9.32. The van der Waals surface area contributed by atoms with E-state index >= 15 is 0 Å². The highest BCUT2D eigenvalue weighted by atomic mass is 19.1. The molecule has 8 heteroatoms. The van der Waals surface area contributed by atoms with Crippen molar-refractivity contribution in [1.29, 1.82) is 0 Å². The number of nitrogens with zero attached hydrogens (tertiary/aromatic N) is 5. The maximum Gasteiger partial charge on any atom is 0.226 e. The highest BCUT2D eigenvalue weighted by Crippen LogP contribution is 2.33. The van der Waals surface area contributed by atoms with E-state index in [9.17, 15) is 9.18 Å². The molecule has 1 N–H and O–H groups in total. The number of H-pyrrole nitrogens is 1. The molecule has 7 nitrogen and oxygen atoms in total. The summed E-state index contributed by atoms with van der Waals surface area (Å²) in [4.78, 5) is 26.9. The van der Waals surface area contributed by atoms with Gasteiger partial charge in [-0.05, 0) is 68.6 Å². The van der Waals surface area contributed by atoms with Crippen molar-refractivity contribution < 1.29 is 9.18 Å². The summed E-state index contributed by atoms with van der Waals surface area (Å²) in [6.45, 7) is 3.65. The summed E-state index contributed by atoms with van der Waals surface area (Å²) >= 11 is 0. The number of hydrogen-bond donors (Lipinski definition) is 1. The molecule has 1 amide bonds. The number of aromatic amines is 1. The van der Waals surface area contributed by atoms with Crippen LogP contribution < -0.4 is 0 Å². The van der Waals surface area contributed by atoms with Gasteiger partial charge in [-0.25, -0.2) is 9.37 Å². The van der Waals surface area contributed by atoms with Gasteiger partial charge in [0.05, 0.1) is 6.04 Å². The molecule has 3 aromatic rings. The zero-order chi connectivity index (χ0) is 23.3. The zero-order valence-corrected chi connectivity index (χ0v) is 19.4. The molecule has 0 radical (unpaired) electrons. The van der Waals surface area contributed by atoms with Crippen LogP contribution in [0.2, 0.25) is 0 Å². The molecule has 2 saturated heterocycles. The first-order valence-electron chi connectivity index (χ1n) is 12.2. The molecule has 0 spiro atoms. The van der Waals surface area contributed by atoms with Gasteiger partial charge in [0.2, 0.25) is 5.91 Å². The third kappa shape index (κ3) is 5.33. The van der Waals surface area contributed by atoms with Crippen molar-refractivity contribution in [3.05, 3.63) is 77.4 Å². The Morgan fingerprint density at radius 2 is 1.88 bits per heavy atom. The molecule has 178 valence electrons. The molecular formula is C26H31FN6O. The van der Waals surface area contributed by atoms with Crippen LogP contribution >= 0.6 is 0 Å². The Hall–Kier alpha value is -3.13. The summed E-state index contributed by atoms with van der Waals surface area (Å²) in [5.41, 5.74) is 2.09. The number of hydrogen-bond acceptors (Lipinski definition) is 5. The van der Waals surface area contributed by atoms with Crippen molar-refractivity contribution in [2.75, 3.05) is 26.2 Å². The van der Waals surface area contributed by atoms with Crippen molar-refractivity contribution >= 4 is 5.91 Å². The van der Waals surface area contributed by atoms with Gasteiger partial charge in [-0.3, -0.25) is 14.9 Å². The molecule has 1 unspecified atom stereocenters. The minimum absolute atomic E-state index is 0.0621. The fourth-order valence-corrected chi connectivity index (χ4v) is 5.09. The summed E-state index contributed by atoms with van der Waals surface area (Å²) < 4.78 is 13.2. The molecule has 5 rings (SSSR count). The number of benzene rings is 1. The second kappa shape index (κ2) is 10.4. The normalized spacial score (nSPS) is 19.6. The van der Waals surface area contributed by atoms with Gasteiger partial charge in [0.1, 0.15) is 11.6 Å². The molecule has 4 heterocycles. The van der Waals surface area contributed by atoms with Gasteiger partial charge in [0.25, 0.3) is 0 Å². The number of likely N-dealkylation sites (tertiary alicyclic amines) is 2. The second-order valence-electron chi connectivity index (χ2n) is 9.32. The Kier molecular flexibility index (Phi) is 6.94. The Labute approximate surface area is 199 Å². The van der Waals surface area contributed by atoms with E-state index in [0.29, 0.717) is 12.2 Å². The van der Waals surface area contributed by atoms with Crippen LogP contribution in [-0.4, -0.2) is 62.1 Å². The number of aromatic nitrogens is 4. The average Bonchev–Trinajstić information content (AvgIpc) is 3.54. The molecule has 0 bridgehead atoms. The Morgan fingerprint density at radius 3 is 2.65 bits per heavy atom. The summed E-state index contributed by atoms with van der Waals surface area (Å²) in [6, 6.07) is 12.4. The number of pyridine rings is 1. The van der Waals surface area contributed by atoms with E-state index in [-0.39, 0.29) is 23.7 Å². The van der Waals surface area contributed by atoms with Crippen LogP contribution in [0.1, 0.15) is 54.6 Å². The van der Waals surface area contributed by atoms with Crippen molar-refractivity contribution in [2.24, 2.45) is 5.92 Å². The van der Waals surface area contributed by atoms with Gasteiger partial charge in [0, 0.05) is 43.7 Å². The maximum atomic E-state index is 13.4. The van der Waals surface area contributed by atoms with Crippen molar-refractivity contribution in [1.82, 2.24) is 30.0 Å². The molecule has 0 aliphatic carbocycles. The van der Waals surface area contributed by atoms with E-state index in [0.717, 1.165) is 75.4 Å². The number of carbonyl (C=O) groups excluding carboxylic acids is 1. The lowest BCUT2D eigenvalue weighted by Gasteiger charge is -2.34. The number of rotatable bonds is 7. The Morgan fingerprint density at radius 1 is 1.06 bits per heavy atom. The van der Waals surface area contributed by atoms with E-state index in [1.807, 2.05) is 23.2 Å². The highest BCUT2D eigenvalue weighted by Gasteiger charge is 2.37. The highest BCUT2D eigenvalue weighted by molar-refractivity contribution is 5.79. The van der Waals surface area contributed by atoms with Crippen LogP contribution in [0.5, 0.6) is 0 Å². The largest absolute Gasteiger partial charge is 0.332 e. The predicted molar refractivity (Wildman–Crippen MR) is 126 cm³/mol. The third-order valence-corrected chi connectivity index (χ3v) is 7.01. The van der Waals surface area contributed by atoms with Gasteiger partial charge in [0.15, 0.2) is 5.82 Å². The minimum Gasteiger partial charge on any atom is -0.332 e. The van der Waals surface area contributed by atoms with Crippen LogP contribution in [0.25, 0.3) is 0 Å². The standard InChI is InChI=1S/C26H31FN6O/c27-21-8-6-19(7-9-21)18-24-29-25(31-30-24)23-5-3-14-33(23)26(34)20-10-15-32(16-11-20)17-12-22-4-1-2-13-28-22/h1-2,4,6-9,13,20,23H,3,5,10-12,14-18H2,(H,29,30,31). The van der Waals surface area contributed by atoms with E-state index < -0.39 is 0 Å². The van der Waals surface area contributed by atoms with Crippen LogP contribution in [0.15, 0.2) is 48.7 Å². The van der Waals surface area contributed by atoms with Gasteiger partial charge in [-0.15, -0.1) is 0 Å². The summed E-state index contributed by atoms with van der Waals surface area (Å²) in [6.07, 6.45) is 7.00. The minimum atomic E-state index is -0.249. The lowest BCUT2D eigenvalue weighted by atomic mass is 9.94. The zero-order valence-electron chi connectivity index (χ0n) is 19.4. The van der Waals surface area contributed by atoms with E-state index in [4.69, 9.17) is 0 Å². The smallest absolute Gasteiger partial charge is 0.226 e. The first-order chi connectivity index (χ1) is 16.7. The predicted octanol–water partition coefficient (Wildman–Crippen LogP) is 3.55. The van der Waals surface area contributed by atoms with E-state index in [1.165, 1.54) is 12.1 Å². The SMILES string of the molecule is O=C(C1CCN(CCc2ccccn2)CC1)N1CCCC1c1n[nH]c(Cc2ccc(F)cc2)n1. The lowest BCUT2D eigenvalue weighted by molar-refractivity contribution is -0.138. The number of amides is 1. The fourth-order valence-electron chi connectivity index (χ4n) is 5.09. The first-order valence-corrected chi connectivity index (χ1v) is 12.2. The Balaban J connectivity index is 1.15. The fraction of sp³-hybridized carbons (Fsp3) is 0.462. The average molecular weight is 463 g/mol. The molecule has 2 fully saturated rings. The summed E-state index contributed by atoms with van der Waals surface area (Å²) in [5, 5.41) is 7.45. The van der Waals surface area contributed by atoms with Crippen molar-refractivity contribution in [3.63, 3.8) is 0 Å². The number of halogens is 1. The van der Waals surface area contributed by atoms with Crippen LogP contribution in [0.4, 0.5) is 4.39 Å². The van der Waals surface area contributed by atoms with Gasteiger partial charge >= 0.3 is 0 Å². The molecule has 2 aliphatic heterocycles. The Bertz CT molecular complexity index is 1080. The van der Waals surface area contributed by atoms with Crippen LogP contribution in [0, 0.1) is 11.7 Å². The third-order valence-electron chi connectivity index (χ3n) is 7.01. The molecule has 1 atom stereocenters. The molecule has 0 saturated carbocycles. The van der Waals surface area contributed by atoms with Gasteiger partial charge in [-0.2, -0.15) is 5.10 Å². The van der Waals surface area contributed by atoms with E-state index in [2.05, 4.69) is 31.1 Å². The summed E-state index contributed by atoms with van der Waals surface area (Å²) in [7, 11) is 0. The van der Waals surface area contributed by atoms with Crippen molar-refractivity contribution in [3.8, 4) is 0 Å². The molecule has 2 aromatic heterocycles. The first kappa shape index (κ1) is 22.7. The molecular weight excluding hydrogens is 431 g/mol. The maximum absolute atomic E-state index is 13.4. The monoisotopic (exact) mass is 462 g/mol. The van der Waals surface area contributed by atoms with Crippen LogP contribution in [0.3, 0.4) is 0 Å². The molecule has 1 aromatic carbocycles. The lowest BCUT2D eigenvalue weighted by Crippen LogP contribution is -2.43. The quantitative estimate of drug-likeness (QED) is 0.581. The topological polar surface area (TPSA) is 78.0 Å². The molecule has 34 heavy (non-hydrogen) atoms.